The van der Waals surface area contributed by atoms with Crippen LogP contribution in [0.2, 0.25) is 0 Å². The van der Waals surface area contributed by atoms with Crippen LogP contribution in [0.25, 0.3) is 11.0 Å². The zero-order chi connectivity index (χ0) is 15.6. The van der Waals surface area contributed by atoms with Gasteiger partial charge >= 0.3 is 6.09 Å². The third-order valence-corrected chi connectivity index (χ3v) is 2.91. The van der Waals surface area contributed by atoms with Crippen molar-refractivity contribution in [1.29, 1.82) is 0 Å². The van der Waals surface area contributed by atoms with Gasteiger partial charge in [-0.25, -0.2) is 9.78 Å². The van der Waals surface area contributed by atoms with Crippen LogP contribution in [0.15, 0.2) is 18.5 Å². The van der Waals surface area contributed by atoms with E-state index in [9.17, 15) is 4.79 Å². The standard InChI is InChI=1S/C15H21N3O3/c1-6-18-9-16-10-7-8-11(13(20-5)12(10)18)17-14(19)21-15(2,3)4/h7-9H,6H2,1-5H3,(H,17,19). The highest BCUT2D eigenvalue weighted by Crippen LogP contribution is 2.33. The van der Waals surface area contributed by atoms with Gasteiger partial charge in [0.1, 0.15) is 11.1 Å². The molecule has 1 heterocycles. The summed E-state index contributed by atoms with van der Waals surface area (Å²) in [4.78, 5) is 16.2. The van der Waals surface area contributed by atoms with Crippen LogP contribution in [0.4, 0.5) is 10.5 Å². The third kappa shape index (κ3) is 3.26. The lowest BCUT2D eigenvalue weighted by atomic mass is 10.2. The summed E-state index contributed by atoms with van der Waals surface area (Å²) < 4.78 is 12.7. The van der Waals surface area contributed by atoms with Gasteiger partial charge in [-0.1, -0.05) is 0 Å². The Labute approximate surface area is 124 Å². The summed E-state index contributed by atoms with van der Waals surface area (Å²) in [5, 5.41) is 2.72. The first kappa shape index (κ1) is 15.2. The topological polar surface area (TPSA) is 65.4 Å². The predicted molar refractivity (Wildman–Crippen MR) is 81.8 cm³/mol. The van der Waals surface area contributed by atoms with Crippen molar-refractivity contribution in [2.24, 2.45) is 0 Å². The Morgan fingerprint density at radius 1 is 1.38 bits per heavy atom. The number of hydrogen-bond acceptors (Lipinski definition) is 4. The quantitative estimate of drug-likeness (QED) is 0.941. The highest BCUT2D eigenvalue weighted by atomic mass is 16.6. The summed E-state index contributed by atoms with van der Waals surface area (Å²) in [6.45, 7) is 8.24. The number of aryl methyl sites for hydroxylation is 1. The molecule has 0 saturated heterocycles. The average Bonchev–Trinajstić information content (AvgIpc) is 2.79. The van der Waals surface area contributed by atoms with Crippen molar-refractivity contribution in [3.63, 3.8) is 0 Å². The number of imidazole rings is 1. The van der Waals surface area contributed by atoms with Crippen LogP contribution in [0.3, 0.4) is 0 Å². The van der Waals surface area contributed by atoms with Crippen LogP contribution in [0.5, 0.6) is 5.75 Å². The Morgan fingerprint density at radius 3 is 2.67 bits per heavy atom. The Balaban J connectivity index is 2.38. The average molecular weight is 291 g/mol. The molecule has 0 unspecified atom stereocenters. The normalized spacial score (nSPS) is 11.5. The SMILES string of the molecule is CCn1cnc2ccc(NC(=O)OC(C)(C)C)c(OC)c21. The van der Waals surface area contributed by atoms with Crippen molar-refractivity contribution in [1.82, 2.24) is 9.55 Å². The van der Waals surface area contributed by atoms with Crippen molar-refractivity contribution in [3.05, 3.63) is 18.5 Å². The summed E-state index contributed by atoms with van der Waals surface area (Å²) in [5.41, 5.74) is 1.69. The van der Waals surface area contributed by atoms with E-state index >= 15 is 0 Å². The van der Waals surface area contributed by atoms with Gasteiger partial charge < -0.3 is 14.0 Å². The molecule has 6 heteroatoms. The van der Waals surface area contributed by atoms with Gasteiger partial charge in [0.2, 0.25) is 0 Å². The molecule has 0 bridgehead atoms. The Kier molecular flexibility index (Phi) is 4.06. The minimum absolute atomic E-state index is 0.511. The van der Waals surface area contributed by atoms with Gasteiger partial charge in [0.15, 0.2) is 5.75 Å². The molecule has 1 aromatic heterocycles. The number of carbonyl (C=O) groups excluding carboxylic acids is 1. The monoisotopic (exact) mass is 291 g/mol. The Bertz CT molecular complexity index is 656. The van der Waals surface area contributed by atoms with Gasteiger partial charge in [-0.2, -0.15) is 0 Å². The highest BCUT2D eigenvalue weighted by Gasteiger charge is 2.19. The van der Waals surface area contributed by atoms with E-state index in [4.69, 9.17) is 9.47 Å². The lowest BCUT2D eigenvalue weighted by molar-refractivity contribution is 0.0635. The first-order valence-corrected chi connectivity index (χ1v) is 6.87. The van der Waals surface area contributed by atoms with E-state index in [1.54, 1.807) is 19.5 Å². The molecule has 0 aliphatic carbocycles. The predicted octanol–water partition coefficient (Wildman–Crippen LogP) is 3.41. The molecule has 114 valence electrons. The maximum Gasteiger partial charge on any atom is 0.412 e. The molecule has 0 aliphatic rings. The molecule has 0 saturated carbocycles. The van der Waals surface area contributed by atoms with Crippen molar-refractivity contribution in [3.8, 4) is 5.75 Å². The molecule has 0 fully saturated rings. The van der Waals surface area contributed by atoms with Crippen LogP contribution in [-0.4, -0.2) is 28.4 Å². The van der Waals surface area contributed by atoms with E-state index in [2.05, 4.69) is 10.3 Å². The van der Waals surface area contributed by atoms with Crippen molar-refractivity contribution in [2.45, 2.75) is 39.8 Å². The number of nitrogens with zero attached hydrogens (tertiary/aromatic N) is 2. The fourth-order valence-electron chi connectivity index (χ4n) is 2.09. The van der Waals surface area contributed by atoms with Crippen LogP contribution in [-0.2, 0) is 11.3 Å². The molecule has 2 rings (SSSR count). The maximum atomic E-state index is 11.9. The van der Waals surface area contributed by atoms with E-state index in [1.807, 2.05) is 38.3 Å². The van der Waals surface area contributed by atoms with Crippen LogP contribution in [0, 0.1) is 0 Å². The summed E-state index contributed by atoms with van der Waals surface area (Å²) >= 11 is 0. The van der Waals surface area contributed by atoms with E-state index in [-0.39, 0.29) is 0 Å². The van der Waals surface area contributed by atoms with Crippen molar-refractivity contribution in [2.75, 3.05) is 12.4 Å². The van der Waals surface area contributed by atoms with E-state index in [1.165, 1.54) is 0 Å². The molecule has 1 aromatic carbocycles. The first-order valence-electron chi connectivity index (χ1n) is 6.87. The Morgan fingerprint density at radius 2 is 2.10 bits per heavy atom. The van der Waals surface area contributed by atoms with Gasteiger partial charge in [-0.05, 0) is 39.8 Å². The van der Waals surface area contributed by atoms with E-state index in [0.29, 0.717) is 11.4 Å². The number of methoxy groups -OCH3 is 1. The minimum atomic E-state index is -0.549. The number of rotatable bonds is 3. The number of amides is 1. The lowest BCUT2D eigenvalue weighted by Gasteiger charge is -2.20. The second-order valence-corrected chi connectivity index (χ2v) is 5.67. The van der Waals surface area contributed by atoms with Gasteiger partial charge in [0, 0.05) is 6.54 Å². The second kappa shape index (κ2) is 5.63. The molecule has 1 amide bonds. The lowest BCUT2D eigenvalue weighted by Crippen LogP contribution is -2.27. The van der Waals surface area contributed by atoms with Crippen LogP contribution >= 0.6 is 0 Å². The van der Waals surface area contributed by atoms with Crippen molar-refractivity contribution >= 4 is 22.8 Å². The molecule has 0 atom stereocenters. The zero-order valence-corrected chi connectivity index (χ0v) is 13.1. The smallest absolute Gasteiger partial charge is 0.412 e. The molecule has 1 N–H and O–H groups in total. The number of nitrogens with one attached hydrogen (secondary N) is 1. The fraction of sp³-hybridized carbons (Fsp3) is 0.467. The number of carbonyl (C=O) groups is 1. The van der Waals surface area contributed by atoms with Crippen LogP contribution < -0.4 is 10.1 Å². The summed E-state index contributed by atoms with van der Waals surface area (Å²) in [7, 11) is 1.57. The van der Waals surface area contributed by atoms with Gasteiger partial charge in [0.25, 0.3) is 0 Å². The van der Waals surface area contributed by atoms with E-state index < -0.39 is 11.7 Å². The number of fused-ring (bicyclic) bond motifs is 1. The largest absolute Gasteiger partial charge is 0.492 e. The van der Waals surface area contributed by atoms with E-state index in [0.717, 1.165) is 17.6 Å². The summed E-state index contributed by atoms with van der Waals surface area (Å²) in [6, 6.07) is 3.61. The van der Waals surface area contributed by atoms with Gasteiger partial charge in [-0.15, -0.1) is 0 Å². The van der Waals surface area contributed by atoms with Gasteiger partial charge in [0.05, 0.1) is 24.6 Å². The maximum absolute atomic E-state index is 11.9. The highest BCUT2D eigenvalue weighted by molar-refractivity contribution is 5.95. The number of hydrogen-bond donors (Lipinski definition) is 1. The number of aromatic nitrogens is 2. The van der Waals surface area contributed by atoms with Crippen molar-refractivity contribution < 1.29 is 14.3 Å². The minimum Gasteiger partial charge on any atom is -0.492 e. The number of benzene rings is 1. The second-order valence-electron chi connectivity index (χ2n) is 5.67. The summed E-state index contributed by atoms with van der Waals surface area (Å²) in [5.74, 6) is 0.581. The first-order chi connectivity index (χ1) is 9.85. The van der Waals surface area contributed by atoms with Crippen LogP contribution in [0.1, 0.15) is 27.7 Å². The summed E-state index contributed by atoms with van der Waals surface area (Å²) in [6.07, 6.45) is 1.24. The number of anilines is 1. The Hall–Kier alpha value is -2.24. The fourth-order valence-corrected chi connectivity index (χ4v) is 2.09. The molecular weight excluding hydrogens is 270 g/mol. The molecule has 0 spiro atoms. The molecule has 0 radical (unpaired) electrons. The zero-order valence-electron chi connectivity index (χ0n) is 13.1. The molecule has 6 nitrogen and oxygen atoms in total. The number of ether oxygens (including phenoxy) is 2. The molecule has 2 aromatic rings. The molecule has 0 aliphatic heterocycles. The molecule has 21 heavy (non-hydrogen) atoms. The van der Waals surface area contributed by atoms with Gasteiger partial charge in [-0.3, -0.25) is 5.32 Å². The third-order valence-electron chi connectivity index (χ3n) is 2.91. The molecular formula is C15H21N3O3.